The predicted octanol–water partition coefficient (Wildman–Crippen LogP) is 4.32. The maximum Gasteiger partial charge on any atom is 0.119 e. The first-order valence-electron chi connectivity index (χ1n) is 8.20. The Hall–Kier alpha value is -2.46. The Kier molecular flexibility index (Phi) is 8.44. The lowest BCUT2D eigenvalue weighted by Gasteiger charge is -2.13. The van der Waals surface area contributed by atoms with Crippen molar-refractivity contribution in [1.82, 2.24) is 4.90 Å². The zero-order valence-electron chi connectivity index (χ0n) is 14.6. The van der Waals surface area contributed by atoms with Gasteiger partial charge in [0.1, 0.15) is 17.2 Å². The van der Waals surface area contributed by atoms with Crippen LogP contribution in [-0.2, 0) is 0 Å². The molecule has 0 unspecified atom stereocenters. The molecule has 0 amide bonds. The highest BCUT2D eigenvalue weighted by molar-refractivity contribution is 5.71. The third-order valence-electron chi connectivity index (χ3n) is 3.63. The van der Waals surface area contributed by atoms with Crippen LogP contribution in [0.15, 0.2) is 42.5 Å². The molecule has 4 nitrogen and oxygen atoms in total. The molecular weight excluding hydrogens is 302 g/mol. The molecule has 0 fully saturated rings. The molecule has 0 saturated heterocycles. The summed E-state index contributed by atoms with van der Waals surface area (Å²) in [5.41, 5.74) is 1.63. The minimum atomic E-state index is 0.0235. The molecule has 0 bridgehead atoms. The number of phenols is 3. The van der Waals surface area contributed by atoms with E-state index in [9.17, 15) is 10.2 Å². The van der Waals surface area contributed by atoms with Gasteiger partial charge in [-0.15, -0.1) is 0 Å². The van der Waals surface area contributed by atoms with Gasteiger partial charge in [0.2, 0.25) is 0 Å². The van der Waals surface area contributed by atoms with E-state index in [4.69, 9.17) is 5.11 Å². The molecule has 0 aliphatic rings. The minimum Gasteiger partial charge on any atom is -0.508 e. The number of nitrogens with zero attached hydrogens (tertiary/aromatic N) is 1. The van der Waals surface area contributed by atoms with Crippen molar-refractivity contribution in [2.45, 2.75) is 20.8 Å². The highest BCUT2D eigenvalue weighted by Gasteiger charge is 1.96. The zero-order valence-corrected chi connectivity index (χ0v) is 14.6. The molecule has 0 radical (unpaired) electrons. The Labute approximate surface area is 144 Å². The fourth-order valence-electron chi connectivity index (χ4n) is 2.16. The molecule has 0 aliphatic heterocycles. The normalized spacial score (nSPS) is 10.7. The highest BCUT2D eigenvalue weighted by Crippen LogP contribution is 2.22. The van der Waals surface area contributed by atoms with Crippen LogP contribution in [-0.4, -0.2) is 39.9 Å². The molecule has 0 atom stereocenters. The Morgan fingerprint density at radius 3 is 1.54 bits per heavy atom. The second-order valence-electron chi connectivity index (χ2n) is 5.33. The van der Waals surface area contributed by atoms with E-state index in [-0.39, 0.29) is 17.2 Å². The van der Waals surface area contributed by atoms with Gasteiger partial charge in [0.25, 0.3) is 0 Å². The first kappa shape index (κ1) is 19.6. The summed E-state index contributed by atoms with van der Waals surface area (Å²) in [5.74, 6) is 0.267. The van der Waals surface area contributed by atoms with Crippen LogP contribution in [0, 0.1) is 0 Å². The average molecular weight is 329 g/mol. The summed E-state index contributed by atoms with van der Waals surface area (Å²) in [6.07, 6.45) is 3.60. The average Bonchev–Trinajstić information content (AvgIpc) is 2.56. The van der Waals surface area contributed by atoms with Crippen LogP contribution in [0.4, 0.5) is 0 Å². The zero-order chi connectivity index (χ0) is 17.9. The van der Waals surface area contributed by atoms with Crippen molar-refractivity contribution in [3.05, 3.63) is 53.6 Å². The van der Waals surface area contributed by atoms with Crippen molar-refractivity contribution in [3.63, 3.8) is 0 Å². The molecule has 4 heteroatoms. The fourth-order valence-corrected chi connectivity index (χ4v) is 2.16. The Morgan fingerprint density at radius 2 is 1.12 bits per heavy atom. The Balaban J connectivity index is 0.000000351. The monoisotopic (exact) mass is 329 g/mol. The summed E-state index contributed by atoms with van der Waals surface area (Å²) in [6, 6.07) is 11.1. The third-order valence-corrected chi connectivity index (χ3v) is 3.63. The van der Waals surface area contributed by atoms with E-state index >= 15 is 0 Å². The van der Waals surface area contributed by atoms with E-state index in [1.165, 1.54) is 25.7 Å². The van der Waals surface area contributed by atoms with Crippen LogP contribution in [0.1, 0.15) is 31.9 Å². The van der Waals surface area contributed by atoms with Crippen molar-refractivity contribution in [2.75, 3.05) is 19.6 Å². The number of phenolic OH excluding ortho intramolecular Hbond substituents is 3. The summed E-state index contributed by atoms with van der Waals surface area (Å²) in [6.45, 7) is 10.1. The first-order valence-corrected chi connectivity index (χ1v) is 8.20. The molecule has 2 rings (SSSR count). The SMILES string of the molecule is CCN(CC)CC.Oc1ccc(C=Cc2cc(O)cc(O)c2)cc1. The Morgan fingerprint density at radius 1 is 0.667 bits per heavy atom. The second-order valence-corrected chi connectivity index (χ2v) is 5.33. The lowest BCUT2D eigenvalue weighted by Crippen LogP contribution is -2.21. The van der Waals surface area contributed by atoms with Gasteiger partial charge >= 0.3 is 0 Å². The van der Waals surface area contributed by atoms with Gasteiger partial charge in [0.05, 0.1) is 0 Å². The molecular formula is C20H27NO3. The van der Waals surface area contributed by atoms with Gasteiger partial charge in [-0.2, -0.15) is 0 Å². The van der Waals surface area contributed by atoms with Crippen LogP contribution in [0.2, 0.25) is 0 Å². The summed E-state index contributed by atoms with van der Waals surface area (Å²) < 4.78 is 0. The first-order chi connectivity index (χ1) is 11.5. The lowest BCUT2D eigenvalue weighted by atomic mass is 10.1. The molecule has 3 N–H and O–H groups in total. The maximum atomic E-state index is 9.30. The van der Waals surface area contributed by atoms with E-state index in [0.717, 1.165) is 5.56 Å². The van der Waals surface area contributed by atoms with Gasteiger partial charge in [-0.25, -0.2) is 0 Å². The van der Waals surface area contributed by atoms with Crippen LogP contribution >= 0.6 is 0 Å². The van der Waals surface area contributed by atoms with Crippen molar-refractivity contribution in [1.29, 1.82) is 0 Å². The molecule has 0 aromatic heterocycles. The van der Waals surface area contributed by atoms with E-state index < -0.39 is 0 Å². The topological polar surface area (TPSA) is 63.9 Å². The van der Waals surface area contributed by atoms with Crippen LogP contribution < -0.4 is 0 Å². The summed E-state index contributed by atoms with van der Waals surface area (Å²) in [5, 5.41) is 27.7. The largest absolute Gasteiger partial charge is 0.508 e. The number of aromatic hydroxyl groups is 3. The summed E-state index contributed by atoms with van der Waals surface area (Å²) in [4.78, 5) is 2.38. The minimum absolute atomic E-state index is 0.0235. The van der Waals surface area contributed by atoms with Gasteiger partial charge in [-0.3, -0.25) is 0 Å². The number of hydrogen-bond acceptors (Lipinski definition) is 4. The second kappa shape index (κ2) is 10.3. The van der Waals surface area contributed by atoms with Crippen LogP contribution in [0.25, 0.3) is 12.2 Å². The van der Waals surface area contributed by atoms with E-state index in [1.807, 2.05) is 6.08 Å². The third kappa shape index (κ3) is 7.20. The number of benzene rings is 2. The molecule has 0 saturated carbocycles. The molecule has 24 heavy (non-hydrogen) atoms. The molecule has 130 valence electrons. The van der Waals surface area contributed by atoms with E-state index in [0.29, 0.717) is 5.56 Å². The number of rotatable bonds is 5. The van der Waals surface area contributed by atoms with Gasteiger partial charge < -0.3 is 20.2 Å². The van der Waals surface area contributed by atoms with Gasteiger partial charge in [-0.1, -0.05) is 45.1 Å². The van der Waals surface area contributed by atoms with Crippen molar-refractivity contribution >= 4 is 12.2 Å². The predicted molar refractivity (Wildman–Crippen MR) is 100 cm³/mol. The smallest absolute Gasteiger partial charge is 0.119 e. The van der Waals surface area contributed by atoms with Gasteiger partial charge in [0.15, 0.2) is 0 Å². The van der Waals surface area contributed by atoms with E-state index in [2.05, 4.69) is 25.7 Å². The number of hydrogen-bond donors (Lipinski definition) is 3. The molecule has 0 spiro atoms. The van der Waals surface area contributed by atoms with Crippen LogP contribution in [0.5, 0.6) is 17.2 Å². The Bertz CT molecular complexity index is 606. The van der Waals surface area contributed by atoms with Crippen LogP contribution in [0.3, 0.4) is 0 Å². The van der Waals surface area contributed by atoms with Crippen molar-refractivity contribution < 1.29 is 15.3 Å². The van der Waals surface area contributed by atoms with Crippen molar-refractivity contribution in [2.24, 2.45) is 0 Å². The fraction of sp³-hybridized carbons (Fsp3) is 0.300. The summed E-state index contributed by atoms with van der Waals surface area (Å²) in [7, 11) is 0. The van der Waals surface area contributed by atoms with Gasteiger partial charge in [-0.05, 0) is 55.0 Å². The molecule has 2 aromatic carbocycles. The van der Waals surface area contributed by atoms with E-state index in [1.54, 1.807) is 42.5 Å². The van der Waals surface area contributed by atoms with Crippen molar-refractivity contribution in [3.8, 4) is 17.2 Å². The lowest BCUT2D eigenvalue weighted by molar-refractivity contribution is 0.321. The molecule has 0 aliphatic carbocycles. The maximum absolute atomic E-state index is 9.30. The molecule has 0 heterocycles. The van der Waals surface area contributed by atoms with Gasteiger partial charge in [0, 0.05) is 6.07 Å². The molecule has 2 aromatic rings. The standard InChI is InChI=1S/C14H12O3.C6H15N/c15-12-5-3-10(4-6-12)1-2-11-7-13(16)9-14(17)8-11;1-4-7(5-2)6-3/h1-9,15-17H;4-6H2,1-3H3. The summed E-state index contributed by atoms with van der Waals surface area (Å²) >= 11 is 0. The quantitative estimate of drug-likeness (QED) is 0.715. The highest BCUT2D eigenvalue weighted by atomic mass is 16.3.